The highest BCUT2D eigenvalue weighted by atomic mass is 16.5. The number of carbonyl (C=O) groups is 3. The van der Waals surface area contributed by atoms with Gasteiger partial charge in [0.05, 0.1) is 24.4 Å². The molecule has 0 bridgehead atoms. The van der Waals surface area contributed by atoms with E-state index in [9.17, 15) is 19.5 Å². The molecule has 0 aromatic rings. The molecule has 0 aromatic heterocycles. The van der Waals surface area contributed by atoms with Crippen LogP contribution in [0.1, 0.15) is 51.9 Å². The zero-order chi connectivity index (χ0) is 15.8. The highest BCUT2D eigenvalue weighted by Crippen LogP contribution is 2.36. The highest BCUT2D eigenvalue weighted by Gasteiger charge is 2.46. The second-order valence-electron chi connectivity index (χ2n) is 5.57. The van der Waals surface area contributed by atoms with Gasteiger partial charge < -0.3 is 14.9 Å². The summed E-state index contributed by atoms with van der Waals surface area (Å²) in [6.07, 6.45) is 5.09. The van der Waals surface area contributed by atoms with Gasteiger partial charge in [-0.05, 0) is 19.3 Å². The van der Waals surface area contributed by atoms with E-state index in [2.05, 4.69) is 6.92 Å². The summed E-state index contributed by atoms with van der Waals surface area (Å²) in [5, 5.41) is 18.4. The number of unbranched alkanes of at least 4 members (excludes halogenated alkanes) is 3. The second kappa shape index (κ2) is 8.64. The third kappa shape index (κ3) is 5.02. The molecule has 1 aliphatic rings. The van der Waals surface area contributed by atoms with Gasteiger partial charge in [0.1, 0.15) is 0 Å². The molecule has 3 atom stereocenters. The monoisotopic (exact) mass is 300 g/mol. The number of carboxylic acid groups (broad SMARTS) is 2. The van der Waals surface area contributed by atoms with Gasteiger partial charge >= 0.3 is 17.9 Å². The summed E-state index contributed by atoms with van der Waals surface area (Å²) < 4.78 is 5.14. The minimum Gasteiger partial charge on any atom is -0.481 e. The van der Waals surface area contributed by atoms with Gasteiger partial charge in [0.25, 0.3) is 0 Å². The van der Waals surface area contributed by atoms with Crippen LogP contribution in [-0.4, -0.2) is 34.7 Å². The second-order valence-corrected chi connectivity index (χ2v) is 5.57. The van der Waals surface area contributed by atoms with E-state index in [1.165, 1.54) is 0 Å². The number of esters is 1. The highest BCUT2D eigenvalue weighted by molar-refractivity contribution is 5.86. The van der Waals surface area contributed by atoms with Crippen molar-refractivity contribution in [1.29, 1.82) is 0 Å². The predicted octanol–water partition coefficient (Wildman–Crippen LogP) is 2.31. The van der Waals surface area contributed by atoms with Gasteiger partial charge in [-0.25, -0.2) is 0 Å². The summed E-state index contributed by atoms with van der Waals surface area (Å²) in [5.74, 6) is -5.97. The third-order valence-electron chi connectivity index (χ3n) is 4.04. The van der Waals surface area contributed by atoms with Crippen molar-refractivity contribution in [3.8, 4) is 0 Å². The molecule has 0 spiro atoms. The molecule has 0 heterocycles. The molecule has 0 saturated heterocycles. The molecule has 0 radical (unpaired) electrons. The van der Waals surface area contributed by atoms with Crippen molar-refractivity contribution < 1.29 is 29.3 Å². The lowest BCUT2D eigenvalue weighted by Gasteiger charge is -2.31. The molecule has 120 valence electrons. The zero-order valence-electron chi connectivity index (χ0n) is 12.4. The smallest absolute Gasteiger partial charge is 0.309 e. The van der Waals surface area contributed by atoms with E-state index >= 15 is 0 Å². The van der Waals surface area contributed by atoms with E-state index in [0.29, 0.717) is 19.3 Å². The van der Waals surface area contributed by atoms with Crippen LogP contribution in [0.4, 0.5) is 0 Å². The maximum atomic E-state index is 12.0. The lowest BCUT2D eigenvalue weighted by atomic mass is 9.72. The minimum absolute atomic E-state index is 0.277. The number of carboxylic acids is 2. The van der Waals surface area contributed by atoms with Gasteiger partial charge in [-0.15, -0.1) is 0 Å². The number of ether oxygens (including phenoxy) is 1. The lowest BCUT2D eigenvalue weighted by Crippen LogP contribution is -2.42. The average Bonchev–Trinajstić information content (AvgIpc) is 2.45. The Labute approximate surface area is 124 Å². The lowest BCUT2D eigenvalue weighted by molar-refractivity contribution is -0.167. The first-order valence-corrected chi connectivity index (χ1v) is 7.61. The Balaban J connectivity index is 2.59. The molecule has 1 saturated carbocycles. The van der Waals surface area contributed by atoms with Crippen LogP contribution in [-0.2, 0) is 19.1 Å². The summed E-state index contributed by atoms with van der Waals surface area (Å²) in [4.78, 5) is 34.5. The van der Waals surface area contributed by atoms with Crippen LogP contribution in [0.25, 0.3) is 0 Å². The Kier molecular flexibility index (Phi) is 7.19. The van der Waals surface area contributed by atoms with Crippen molar-refractivity contribution in [2.24, 2.45) is 17.8 Å². The van der Waals surface area contributed by atoms with Crippen molar-refractivity contribution in [3.05, 3.63) is 0 Å². The molecule has 6 heteroatoms. The van der Waals surface area contributed by atoms with E-state index < -0.39 is 35.7 Å². The minimum atomic E-state index is -1.23. The molecule has 1 fully saturated rings. The number of rotatable bonds is 8. The van der Waals surface area contributed by atoms with Crippen LogP contribution >= 0.6 is 0 Å². The summed E-state index contributed by atoms with van der Waals surface area (Å²) >= 11 is 0. The molecule has 0 aliphatic heterocycles. The fourth-order valence-electron chi connectivity index (χ4n) is 2.89. The van der Waals surface area contributed by atoms with Crippen LogP contribution in [0.5, 0.6) is 0 Å². The van der Waals surface area contributed by atoms with E-state index in [-0.39, 0.29) is 6.61 Å². The Morgan fingerprint density at radius 2 is 1.67 bits per heavy atom. The molecular formula is C15H24O6. The van der Waals surface area contributed by atoms with Crippen molar-refractivity contribution in [3.63, 3.8) is 0 Å². The normalized spacial score (nSPS) is 25.3. The Hall–Kier alpha value is -1.59. The number of aliphatic carboxylic acids is 2. The maximum absolute atomic E-state index is 12.0. The number of carbonyl (C=O) groups excluding carboxylic acids is 1. The quantitative estimate of drug-likeness (QED) is 0.527. The van der Waals surface area contributed by atoms with Crippen LogP contribution in [0.15, 0.2) is 0 Å². The molecule has 1 aliphatic carbocycles. The van der Waals surface area contributed by atoms with Crippen LogP contribution in [0.2, 0.25) is 0 Å². The molecule has 3 unspecified atom stereocenters. The van der Waals surface area contributed by atoms with E-state index in [0.717, 1.165) is 25.7 Å². The van der Waals surface area contributed by atoms with Gasteiger partial charge in [0.2, 0.25) is 0 Å². The molecule has 6 nitrogen and oxygen atoms in total. The van der Waals surface area contributed by atoms with Crippen molar-refractivity contribution in [2.75, 3.05) is 6.61 Å². The topological polar surface area (TPSA) is 101 Å². The maximum Gasteiger partial charge on any atom is 0.309 e. The Bertz CT molecular complexity index is 378. The van der Waals surface area contributed by atoms with Gasteiger partial charge in [-0.3, -0.25) is 14.4 Å². The van der Waals surface area contributed by atoms with Crippen molar-refractivity contribution >= 4 is 17.9 Å². The predicted molar refractivity (Wildman–Crippen MR) is 74.7 cm³/mol. The van der Waals surface area contributed by atoms with E-state index in [1.807, 2.05) is 0 Å². The number of hydrogen-bond acceptors (Lipinski definition) is 4. The summed E-state index contributed by atoms with van der Waals surface area (Å²) in [7, 11) is 0. The van der Waals surface area contributed by atoms with Crippen molar-refractivity contribution in [2.45, 2.75) is 51.9 Å². The van der Waals surface area contributed by atoms with Crippen LogP contribution in [0.3, 0.4) is 0 Å². The van der Waals surface area contributed by atoms with E-state index in [1.54, 1.807) is 0 Å². The largest absolute Gasteiger partial charge is 0.481 e. The fraction of sp³-hybridized carbons (Fsp3) is 0.800. The Morgan fingerprint density at radius 1 is 1.00 bits per heavy atom. The summed E-state index contributed by atoms with van der Waals surface area (Å²) in [6, 6.07) is 0. The molecule has 2 N–H and O–H groups in total. The molecule has 1 rings (SSSR count). The first-order chi connectivity index (χ1) is 9.99. The average molecular weight is 300 g/mol. The Morgan fingerprint density at radius 3 is 2.24 bits per heavy atom. The van der Waals surface area contributed by atoms with Crippen molar-refractivity contribution in [1.82, 2.24) is 0 Å². The molecule has 21 heavy (non-hydrogen) atoms. The first kappa shape index (κ1) is 17.5. The summed E-state index contributed by atoms with van der Waals surface area (Å²) in [6.45, 7) is 2.36. The number of hydrogen-bond donors (Lipinski definition) is 2. The van der Waals surface area contributed by atoms with Crippen LogP contribution < -0.4 is 0 Å². The molecule has 0 aromatic carbocycles. The SMILES string of the molecule is CCCCCCOC(=O)C1CCCC(C(=O)O)C1C(=O)O. The van der Waals surface area contributed by atoms with Crippen LogP contribution in [0, 0.1) is 17.8 Å². The zero-order valence-corrected chi connectivity index (χ0v) is 12.4. The van der Waals surface area contributed by atoms with Gasteiger partial charge in [-0.2, -0.15) is 0 Å². The third-order valence-corrected chi connectivity index (χ3v) is 4.04. The summed E-state index contributed by atoms with van der Waals surface area (Å²) in [5.41, 5.74) is 0. The standard InChI is InChI=1S/C15H24O6/c1-2-3-4-5-9-21-15(20)11-8-6-7-10(13(16)17)12(11)14(18)19/h10-12H,2-9H2,1H3,(H,16,17)(H,18,19). The first-order valence-electron chi connectivity index (χ1n) is 7.61. The molecule has 0 amide bonds. The molecular weight excluding hydrogens is 276 g/mol. The van der Waals surface area contributed by atoms with E-state index in [4.69, 9.17) is 9.84 Å². The fourth-order valence-corrected chi connectivity index (χ4v) is 2.89. The van der Waals surface area contributed by atoms with Gasteiger partial charge in [0.15, 0.2) is 0 Å². The van der Waals surface area contributed by atoms with Gasteiger partial charge in [-0.1, -0.05) is 32.6 Å². The van der Waals surface area contributed by atoms with Gasteiger partial charge in [0, 0.05) is 0 Å².